The summed E-state index contributed by atoms with van der Waals surface area (Å²) < 4.78 is 37.7. The highest BCUT2D eigenvalue weighted by Gasteiger charge is 2.15. The lowest BCUT2D eigenvalue weighted by Gasteiger charge is -2.15. The molecule has 0 radical (unpaired) electrons. The summed E-state index contributed by atoms with van der Waals surface area (Å²) in [5.74, 6) is -0.880. The first-order chi connectivity index (χ1) is 8.33. The summed E-state index contributed by atoms with van der Waals surface area (Å²) in [6.45, 7) is -0.215. The molecule has 18 heavy (non-hydrogen) atoms. The third kappa shape index (κ3) is 4.89. The molecular weight excluding hydrogens is 281 g/mol. The number of aliphatic hydroxyl groups is 1. The van der Waals surface area contributed by atoms with Crippen LogP contribution in [0.1, 0.15) is 5.56 Å². The van der Waals surface area contributed by atoms with E-state index in [1.165, 1.54) is 12.1 Å². The van der Waals surface area contributed by atoms with Crippen LogP contribution in [0.15, 0.2) is 18.2 Å². The maximum Gasteiger partial charge on any atom is 0.208 e. The van der Waals surface area contributed by atoms with E-state index in [-0.39, 0.29) is 30.2 Å². The summed E-state index contributed by atoms with van der Waals surface area (Å²) in [6, 6.07) is 4.32. The largest absolute Gasteiger partial charge is 0.396 e. The maximum atomic E-state index is 13.5. The Morgan fingerprint density at radius 2 is 2.17 bits per heavy atom. The highest BCUT2D eigenvalue weighted by molar-refractivity contribution is 7.88. The maximum absolute atomic E-state index is 13.5. The fourth-order valence-electron chi connectivity index (χ4n) is 1.49. The summed E-state index contributed by atoms with van der Waals surface area (Å²) >= 11 is 5.86. The van der Waals surface area contributed by atoms with Gasteiger partial charge in [-0.25, -0.2) is 17.5 Å². The van der Waals surface area contributed by atoms with E-state index in [1.807, 2.05) is 0 Å². The summed E-state index contributed by atoms with van der Waals surface area (Å²) in [5.41, 5.74) is 0.286. The summed E-state index contributed by atoms with van der Waals surface area (Å²) in [5, 5.41) is 9.44. The van der Waals surface area contributed by atoms with Gasteiger partial charge in [-0.3, -0.25) is 0 Å². The standard InChI is InChI=1S/C11H15ClFNO3S/c1-18(16,17)14-6-8(7-15)5-9-10(12)3-2-4-11(9)13/h2-4,8,14-15H,5-7H2,1H3/t8-/m1/s1. The fourth-order valence-corrected chi connectivity index (χ4v) is 2.27. The Balaban J connectivity index is 2.74. The molecule has 0 aliphatic heterocycles. The Morgan fingerprint density at radius 1 is 1.50 bits per heavy atom. The fraction of sp³-hybridized carbons (Fsp3) is 0.455. The van der Waals surface area contributed by atoms with Gasteiger partial charge < -0.3 is 5.11 Å². The quantitative estimate of drug-likeness (QED) is 0.828. The topological polar surface area (TPSA) is 66.4 Å². The van der Waals surface area contributed by atoms with E-state index in [0.717, 1.165) is 6.26 Å². The lowest BCUT2D eigenvalue weighted by atomic mass is 10.00. The lowest BCUT2D eigenvalue weighted by Crippen LogP contribution is -2.31. The second-order valence-electron chi connectivity index (χ2n) is 4.07. The van der Waals surface area contributed by atoms with Crippen molar-refractivity contribution in [1.29, 1.82) is 0 Å². The van der Waals surface area contributed by atoms with Crippen LogP contribution < -0.4 is 4.72 Å². The van der Waals surface area contributed by atoms with Crippen LogP contribution in [0.3, 0.4) is 0 Å². The molecule has 0 aromatic heterocycles. The van der Waals surface area contributed by atoms with Gasteiger partial charge in [-0.1, -0.05) is 17.7 Å². The number of sulfonamides is 1. The van der Waals surface area contributed by atoms with E-state index < -0.39 is 21.8 Å². The van der Waals surface area contributed by atoms with Crippen LogP contribution in [0, 0.1) is 11.7 Å². The molecule has 1 aromatic rings. The van der Waals surface area contributed by atoms with Crippen molar-refractivity contribution in [3.8, 4) is 0 Å². The normalized spacial score (nSPS) is 13.6. The minimum absolute atomic E-state index is 0.0417. The zero-order valence-corrected chi connectivity index (χ0v) is 11.4. The Morgan fingerprint density at radius 3 is 2.67 bits per heavy atom. The molecule has 7 heteroatoms. The molecule has 0 saturated carbocycles. The molecule has 4 nitrogen and oxygen atoms in total. The van der Waals surface area contributed by atoms with Crippen molar-refractivity contribution < 1.29 is 17.9 Å². The Bertz CT molecular complexity index is 487. The molecule has 0 aliphatic carbocycles. The van der Waals surface area contributed by atoms with Gasteiger partial charge in [-0.2, -0.15) is 0 Å². The number of aliphatic hydroxyl groups excluding tert-OH is 1. The van der Waals surface area contributed by atoms with Crippen molar-refractivity contribution in [2.24, 2.45) is 5.92 Å². The van der Waals surface area contributed by atoms with Crippen LogP contribution in [-0.2, 0) is 16.4 Å². The van der Waals surface area contributed by atoms with E-state index in [2.05, 4.69) is 4.72 Å². The molecular formula is C11H15ClFNO3S. The highest BCUT2D eigenvalue weighted by atomic mass is 35.5. The molecule has 102 valence electrons. The predicted molar refractivity (Wildman–Crippen MR) is 68.5 cm³/mol. The third-order valence-corrected chi connectivity index (χ3v) is 3.49. The second-order valence-corrected chi connectivity index (χ2v) is 6.31. The summed E-state index contributed by atoms with van der Waals surface area (Å²) in [4.78, 5) is 0. The van der Waals surface area contributed by atoms with E-state index in [0.29, 0.717) is 0 Å². The van der Waals surface area contributed by atoms with E-state index in [1.54, 1.807) is 6.07 Å². The summed E-state index contributed by atoms with van der Waals surface area (Å²) in [6.07, 6.45) is 1.20. The third-order valence-electron chi connectivity index (χ3n) is 2.45. The number of halogens is 2. The molecule has 0 aliphatic rings. The molecule has 0 spiro atoms. The summed E-state index contributed by atoms with van der Waals surface area (Å²) in [7, 11) is -3.33. The predicted octanol–water partition coefficient (Wildman–Crippen LogP) is 1.18. The molecule has 0 heterocycles. The highest BCUT2D eigenvalue weighted by Crippen LogP contribution is 2.22. The van der Waals surface area contributed by atoms with Gasteiger partial charge in [0.15, 0.2) is 0 Å². The van der Waals surface area contributed by atoms with Gasteiger partial charge in [0.1, 0.15) is 5.82 Å². The van der Waals surface area contributed by atoms with Gasteiger partial charge >= 0.3 is 0 Å². The molecule has 0 unspecified atom stereocenters. The molecule has 0 saturated heterocycles. The van der Waals surface area contributed by atoms with Crippen LogP contribution in [0.5, 0.6) is 0 Å². The van der Waals surface area contributed by atoms with Gasteiger partial charge in [0.05, 0.1) is 6.26 Å². The average Bonchev–Trinajstić information content (AvgIpc) is 2.26. The van der Waals surface area contributed by atoms with Crippen molar-refractivity contribution in [3.63, 3.8) is 0 Å². The second kappa shape index (κ2) is 6.47. The minimum Gasteiger partial charge on any atom is -0.396 e. The van der Waals surface area contributed by atoms with E-state index in [4.69, 9.17) is 16.7 Å². The SMILES string of the molecule is CS(=O)(=O)NC[C@H](CO)Cc1c(F)cccc1Cl. The number of hydrogen-bond donors (Lipinski definition) is 2. The molecule has 0 amide bonds. The first-order valence-corrected chi connectivity index (χ1v) is 7.59. The zero-order valence-electron chi connectivity index (χ0n) is 9.86. The zero-order chi connectivity index (χ0) is 13.8. The number of rotatable bonds is 6. The van der Waals surface area contributed by atoms with Gasteiger partial charge in [-0.15, -0.1) is 0 Å². The van der Waals surface area contributed by atoms with Crippen LogP contribution in [-0.4, -0.2) is 32.9 Å². The molecule has 1 aromatic carbocycles. The van der Waals surface area contributed by atoms with Crippen LogP contribution in [0.2, 0.25) is 5.02 Å². The average molecular weight is 296 g/mol. The van der Waals surface area contributed by atoms with Gasteiger partial charge in [0.2, 0.25) is 10.0 Å². The van der Waals surface area contributed by atoms with Gasteiger partial charge in [0, 0.05) is 23.7 Å². The Hall–Kier alpha value is -0.690. The Kier molecular flexibility index (Phi) is 5.52. The monoisotopic (exact) mass is 295 g/mol. The van der Waals surface area contributed by atoms with Gasteiger partial charge in [-0.05, 0) is 24.5 Å². The van der Waals surface area contributed by atoms with Crippen LogP contribution >= 0.6 is 11.6 Å². The van der Waals surface area contributed by atoms with E-state index in [9.17, 15) is 12.8 Å². The van der Waals surface area contributed by atoms with Crippen molar-refractivity contribution in [2.75, 3.05) is 19.4 Å². The van der Waals surface area contributed by atoms with Crippen LogP contribution in [0.4, 0.5) is 4.39 Å². The minimum atomic E-state index is -3.33. The molecule has 0 bridgehead atoms. The smallest absolute Gasteiger partial charge is 0.208 e. The molecule has 2 N–H and O–H groups in total. The lowest BCUT2D eigenvalue weighted by molar-refractivity contribution is 0.226. The van der Waals surface area contributed by atoms with Crippen molar-refractivity contribution in [2.45, 2.75) is 6.42 Å². The van der Waals surface area contributed by atoms with Crippen LogP contribution in [0.25, 0.3) is 0 Å². The van der Waals surface area contributed by atoms with Crippen molar-refractivity contribution >= 4 is 21.6 Å². The molecule has 1 atom stereocenters. The number of nitrogens with one attached hydrogen (secondary N) is 1. The first kappa shape index (κ1) is 15.4. The first-order valence-electron chi connectivity index (χ1n) is 5.32. The number of benzene rings is 1. The number of hydrogen-bond acceptors (Lipinski definition) is 3. The molecule has 0 fully saturated rings. The van der Waals surface area contributed by atoms with Gasteiger partial charge in [0.25, 0.3) is 0 Å². The van der Waals surface area contributed by atoms with E-state index >= 15 is 0 Å². The Labute approximate surface area is 111 Å². The van der Waals surface area contributed by atoms with Crippen molar-refractivity contribution in [3.05, 3.63) is 34.6 Å². The molecule has 1 rings (SSSR count). The van der Waals surface area contributed by atoms with Crippen molar-refractivity contribution in [1.82, 2.24) is 4.72 Å².